The zero-order chi connectivity index (χ0) is 16.2. The number of fused-ring (bicyclic) bond motifs is 1. The summed E-state index contributed by atoms with van der Waals surface area (Å²) in [6, 6.07) is 5.71. The molecule has 0 aliphatic carbocycles. The Morgan fingerprint density at radius 3 is 3.26 bits per heavy atom. The maximum Gasteiger partial charge on any atom is 0.322 e. The van der Waals surface area contributed by atoms with Gasteiger partial charge in [0, 0.05) is 18.8 Å². The number of carbonyl (C=O) groups excluding carboxylic acids is 1. The number of rotatable bonds is 4. The summed E-state index contributed by atoms with van der Waals surface area (Å²) in [4.78, 5) is 18.7. The van der Waals surface area contributed by atoms with Crippen molar-refractivity contribution < 1.29 is 14.3 Å². The van der Waals surface area contributed by atoms with Crippen LogP contribution >= 0.6 is 11.3 Å². The van der Waals surface area contributed by atoms with Gasteiger partial charge in [-0.25, -0.2) is 9.78 Å². The molecule has 0 bridgehead atoms. The van der Waals surface area contributed by atoms with Gasteiger partial charge in [0.05, 0.1) is 41.1 Å². The van der Waals surface area contributed by atoms with Gasteiger partial charge in [-0.2, -0.15) is 0 Å². The number of aromatic nitrogens is 1. The molecule has 23 heavy (non-hydrogen) atoms. The van der Waals surface area contributed by atoms with Crippen LogP contribution in [0.3, 0.4) is 0 Å². The van der Waals surface area contributed by atoms with Crippen molar-refractivity contribution in [2.75, 3.05) is 38.2 Å². The van der Waals surface area contributed by atoms with Gasteiger partial charge in [0.1, 0.15) is 0 Å². The predicted octanol–water partition coefficient (Wildman–Crippen LogP) is 2.87. The van der Waals surface area contributed by atoms with E-state index >= 15 is 0 Å². The van der Waals surface area contributed by atoms with Gasteiger partial charge in [-0.3, -0.25) is 0 Å². The Morgan fingerprint density at radius 2 is 2.43 bits per heavy atom. The Morgan fingerprint density at radius 1 is 1.57 bits per heavy atom. The Kier molecular flexibility index (Phi) is 5.09. The lowest BCUT2D eigenvalue weighted by atomic mass is 10.3. The van der Waals surface area contributed by atoms with Crippen molar-refractivity contribution in [3.05, 3.63) is 23.2 Å². The number of morpholine rings is 1. The van der Waals surface area contributed by atoms with E-state index in [1.807, 2.05) is 32.0 Å². The molecule has 0 radical (unpaired) electrons. The van der Waals surface area contributed by atoms with Crippen LogP contribution in [-0.4, -0.2) is 54.9 Å². The standard InChI is InChI=1S/C16H21N3O3S/c1-3-21-10-13-9-19(6-7-22-13)16(20)18-12-4-5-15-14(8-12)17-11(2)23-15/h4-5,8,13H,3,6-7,9-10H2,1-2H3,(H,18,20). The Balaban J connectivity index is 1.62. The number of hydrogen-bond acceptors (Lipinski definition) is 5. The lowest BCUT2D eigenvalue weighted by Gasteiger charge is -2.32. The van der Waals surface area contributed by atoms with Crippen LogP contribution < -0.4 is 5.32 Å². The number of anilines is 1. The van der Waals surface area contributed by atoms with Crippen LogP contribution in [0.5, 0.6) is 0 Å². The van der Waals surface area contributed by atoms with Crippen LogP contribution in [0.15, 0.2) is 18.2 Å². The van der Waals surface area contributed by atoms with Crippen molar-refractivity contribution in [1.29, 1.82) is 0 Å². The van der Waals surface area contributed by atoms with E-state index in [1.54, 1.807) is 16.2 Å². The summed E-state index contributed by atoms with van der Waals surface area (Å²) in [7, 11) is 0. The second-order valence-corrected chi connectivity index (χ2v) is 6.68. The molecule has 1 saturated heterocycles. The van der Waals surface area contributed by atoms with Crippen LogP contribution in [0, 0.1) is 6.92 Å². The fourth-order valence-electron chi connectivity index (χ4n) is 2.58. The van der Waals surface area contributed by atoms with Crippen LogP contribution in [0.25, 0.3) is 10.2 Å². The number of nitrogens with one attached hydrogen (secondary N) is 1. The average Bonchev–Trinajstić information content (AvgIpc) is 2.92. The molecular formula is C16H21N3O3S. The highest BCUT2D eigenvalue weighted by molar-refractivity contribution is 7.18. The van der Waals surface area contributed by atoms with E-state index in [4.69, 9.17) is 9.47 Å². The number of ether oxygens (including phenoxy) is 2. The molecule has 0 spiro atoms. The van der Waals surface area contributed by atoms with E-state index in [-0.39, 0.29) is 12.1 Å². The summed E-state index contributed by atoms with van der Waals surface area (Å²) >= 11 is 1.65. The van der Waals surface area contributed by atoms with Gasteiger partial charge in [0.15, 0.2) is 0 Å². The SMILES string of the molecule is CCOCC1CN(C(=O)Nc2ccc3sc(C)nc3c2)CCO1. The normalized spacial score (nSPS) is 18.3. The summed E-state index contributed by atoms with van der Waals surface area (Å²) in [5.74, 6) is 0. The van der Waals surface area contributed by atoms with E-state index in [9.17, 15) is 4.79 Å². The molecule has 1 aliphatic heterocycles. The molecule has 1 aromatic heterocycles. The number of carbonyl (C=O) groups is 1. The molecule has 1 aromatic carbocycles. The maximum atomic E-state index is 12.4. The molecule has 7 heteroatoms. The lowest BCUT2D eigenvalue weighted by Crippen LogP contribution is -2.48. The molecule has 1 N–H and O–H groups in total. The van der Waals surface area contributed by atoms with E-state index in [0.717, 1.165) is 20.9 Å². The van der Waals surface area contributed by atoms with Gasteiger partial charge in [-0.1, -0.05) is 0 Å². The third-order valence-corrected chi connectivity index (χ3v) is 4.63. The quantitative estimate of drug-likeness (QED) is 0.933. The summed E-state index contributed by atoms with van der Waals surface area (Å²) in [5, 5.41) is 3.97. The highest BCUT2D eigenvalue weighted by atomic mass is 32.1. The molecule has 0 saturated carbocycles. The molecular weight excluding hydrogens is 314 g/mol. The summed E-state index contributed by atoms with van der Waals surface area (Å²) < 4.78 is 12.1. The van der Waals surface area contributed by atoms with Crippen molar-refractivity contribution in [3.63, 3.8) is 0 Å². The zero-order valence-corrected chi connectivity index (χ0v) is 14.2. The molecule has 1 atom stereocenters. The third-order valence-electron chi connectivity index (χ3n) is 3.68. The molecule has 2 amide bonds. The molecule has 3 rings (SSSR count). The van der Waals surface area contributed by atoms with E-state index in [1.165, 1.54) is 0 Å². The molecule has 124 valence electrons. The highest BCUT2D eigenvalue weighted by Gasteiger charge is 2.24. The molecule has 1 fully saturated rings. The van der Waals surface area contributed by atoms with Gasteiger partial charge >= 0.3 is 6.03 Å². The largest absolute Gasteiger partial charge is 0.379 e. The van der Waals surface area contributed by atoms with Gasteiger partial charge in [-0.05, 0) is 32.0 Å². The molecule has 1 aliphatic rings. The number of amides is 2. The molecule has 2 aromatic rings. The first-order valence-electron chi connectivity index (χ1n) is 7.78. The second kappa shape index (κ2) is 7.25. The number of hydrogen-bond donors (Lipinski definition) is 1. The van der Waals surface area contributed by atoms with Crippen molar-refractivity contribution in [3.8, 4) is 0 Å². The Hall–Kier alpha value is -1.70. The minimum Gasteiger partial charge on any atom is -0.379 e. The first-order valence-corrected chi connectivity index (χ1v) is 8.60. The van der Waals surface area contributed by atoms with Crippen LogP contribution in [0.1, 0.15) is 11.9 Å². The van der Waals surface area contributed by atoms with E-state index in [0.29, 0.717) is 32.9 Å². The second-order valence-electron chi connectivity index (χ2n) is 5.44. The van der Waals surface area contributed by atoms with Crippen LogP contribution in [-0.2, 0) is 9.47 Å². The Labute approximate surface area is 139 Å². The topological polar surface area (TPSA) is 63.7 Å². The fraction of sp³-hybridized carbons (Fsp3) is 0.500. The fourth-order valence-corrected chi connectivity index (χ4v) is 3.38. The monoisotopic (exact) mass is 335 g/mol. The minimum atomic E-state index is -0.110. The van der Waals surface area contributed by atoms with Gasteiger partial charge < -0.3 is 19.7 Å². The maximum absolute atomic E-state index is 12.4. The number of benzene rings is 1. The van der Waals surface area contributed by atoms with Crippen molar-refractivity contribution >= 4 is 33.3 Å². The minimum absolute atomic E-state index is 0.0573. The van der Waals surface area contributed by atoms with Gasteiger partial charge in [0.25, 0.3) is 0 Å². The summed E-state index contributed by atoms with van der Waals surface area (Å²) in [5.41, 5.74) is 1.68. The van der Waals surface area contributed by atoms with Crippen molar-refractivity contribution in [2.24, 2.45) is 0 Å². The first-order chi connectivity index (χ1) is 11.2. The van der Waals surface area contributed by atoms with Crippen LogP contribution in [0.4, 0.5) is 10.5 Å². The molecule has 1 unspecified atom stereocenters. The van der Waals surface area contributed by atoms with Crippen molar-refractivity contribution in [2.45, 2.75) is 20.0 Å². The van der Waals surface area contributed by atoms with Gasteiger partial charge in [-0.15, -0.1) is 11.3 Å². The number of urea groups is 1. The number of nitrogens with zero attached hydrogens (tertiary/aromatic N) is 2. The Bertz CT molecular complexity index is 688. The average molecular weight is 335 g/mol. The third kappa shape index (κ3) is 3.99. The summed E-state index contributed by atoms with van der Waals surface area (Å²) in [6.45, 7) is 6.77. The smallest absolute Gasteiger partial charge is 0.322 e. The predicted molar refractivity (Wildman–Crippen MR) is 91.2 cm³/mol. The molecule has 6 nitrogen and oxygen atoms in total. The lowest BCUT2D eigenvalue weighted by molar-refractivity contribution is -0.0555. The number of aryl methyl sites for hydroxylation is 1. The zero-order valence-electron chi connectivity index (χ0n) is 13.4. The van der Waals surface area contributed by atoms with E-state index in [2.05, 4.69) is 10.3 Å². The molecule has 2 heterocycles. The van der Waals surface area contributed by atoms with E-state index < -0.39 is 0 Å². The van der Waals surface area contributed by atoms with Crippen molar-refractivity contribution in [1.82, 2.24) is 9.88 Å². The van der Waals surface area contributed by atoms with Crippen LogP contribution in [0.2, 0.25) is 0 Å². The first kappa shape index (κ1) is 16.2. The van der Waals surface area contributed by atoms with Gasteiger partial charge in [0.2, 0.25) is 0 Å². The summed E-state index contributed by atoms with van der Waals surface area (Å²) in [6.07, 6.45) is -0.0573. The highest BCUT2D eigenvalue weighted by Crippen LogP contribution is 2.24. The number of thiazole rings is 1.